The lowest BCUT2D eigenvalue weighted by Gasteiger charge is -2.29. The number of hydrogen-bond acceptors (Lipinski definition) is 4. The lowest BCUT2D eigenvalue weighted by atomic mass is 10.2. The molecule has 1 unspecified atom stereocenters. The second-order valence-electron chi connectivity index (χ2n) is 5.95. The first-order valence-corrected chi connectivity index (χ1v) is 7.17. The van der Waals surface area contributed by atoms with Crippen LogP contribution in [0.15, 0.2) is 0 Å². The number of anilines is 2. The molecule has 2 heterocycles. The van der Waals surface area contributed by atoms with Crippen molar-refractivity contribution in [2.45, 2.75) is 45.7 Å². The summed E-state index contributed by atoms with van der Waals surface area (Å²) >= 11 is 0. The number of nitrogen functional groups attached to an aromatic ring is 1. The summed E-state index contributed by atoms with van der Waals surface area (Å²) in [5.41, 5.74) is 7.73. The number of aryl methyl sites for hydroxylation is 1. The van der Waals surface area contributed by atoms with Gasteiger partial charge in [0.1, 0.15) is 6.04 Å². The average Bonchev–Trinajstić information content (AvgIpc) is 2.94. The van der Waals surface area contributed by atoms with Crippen LogP contribution in [0.3, 0.4) is 0 Å². The predicted octanol–water partition coefficient (Wildman–Crippen LogP) is 1.41. The first-order valence-electron chi connectivity index (χ1n) is 7.17. The quantitative estimate of drug-likeness (QED) is 0.908. The molecule has 0 saturated carbocycles. The maximum absolute atomic E-state index is 12.3. The Hall–Kier alpha value is -1.72. The van der Waals surface area contributed by atoms with Gasteiger partial charge in [-0.2, -0.15) is 5.10 Å². The molecular weight excluding hydrogens is 254 g/mol. The van der Waals surface area contributed by atoms with Gasteiger partial charge in [0.2, 0.25) is 5.91 Å². The summed E-state index contributed by atoms with van der Waals surface area (Å²) in [6.07, 6.45) is 1.88. The highest BCUT2D eigenvalue weighted by Gasteiger charge is 2.35. The molecule has 1 saturated heterocycles. The van der Waals surface area contributed by atoms with Crippen molar-refractivity contribution in [1.82, 2.24) is 14.7 Å². The van der Waals surface area contributed by atoms with Crippen LogP contribution in [0.4, 0.5) is 11.5 Å². The molecule has 1 amide bonds. The molecule has 1 fully saturated rings. The molecule has 1 aromatic heterocycles. The number of nitrogens with zero attached hydrogens (tertiary/aromatic N) is 4. The van der Waals surface area contributed by atoms with E-state index < -0.39 is 0 Å². The highest BCUT2D eigenvalue weighted by atomic mass is 16.2. The first kappa shape index (κ1) is 14.7. The molecule has 1 aliphatic heterocycles. The number of likely N-dealkylation sites (N-methyl/N-ethyl adjacent to an activating group) is 1. The van der Waals surface area contributed by atoms with E-state index in [1.54, 1.807) is 19.0 Å². The van der Waals surface area contributed by atoms with Gasteiger partial charge in [-0.3, -0.25) is 4.79 Å². The van der Waals surface area contributed by atoms with Crippen molar-refractivity contribution < 1.29 is 4.79 Å². The molecule has 2 rings (SSSR count). The standard InChI is InChI=1S/C14H25N5O/c1-9(2)19-13(12(15)10(3)16-19)18-8-6-7-11(18)14(20)17(4)5/h9,11H,6-8,15H2,1-5H3. The fraction of sp³-hybridized carbons (Fsp3) is 0.714. The second-order valence-corrected chi connectivity index (χ2v) is 5.95. The van der Waals surface area contributed by atoms with Crippen molar-refractivity contribution in [3.8, 4) is 0 Å². The summed E-state index contributed by atoms with van der Waals surface area (Å²) in [6, 6.07) is 0.0950. The van der Waals surface area contributed by atoms with Crippen LogP contribution in [0.5, 0.6) is 0 Å². The smallest absolute Gasteiger partial charge is 0.244 e. The third-order valence-corrected chi connectivity index (χ3v) is 3.85. The number of nitrogens with two attached hydrogens (primary N) is 1. The zero-order chi connectivity index (χ0) is 15.0. The Balaban J connectivity index is 2.42. The molecule has 20 heavy (non-hydrogen) atoms. The summed E-state index contributed by atoms with van der Waals surface area (Å²) < 4.78 is 1.94. The molecule has 2 N–H and O–H groups in total. The molecule has 6 heteroatoms. The molecule has 0 bridgehead atoms. The van der Waals surface area contributed by atoms with Gasteiger partial charge in [-0.25, -0.2) is 4.68 Å². The minimum Gasteiger partial charge on any atom is -0.394 e. The number of carbonyl (C=O) groups excluding carboxylic acids is 1. The van der Waals surface area contributed by atoms with E-state index in [-0.39, 0.29) is 18.0 Å². The van der Waals surface area contributed by atoms with Crippen LogP contribution in [-0.2, 0) is 4.79 Å². The van der Waals surface area contributed by atoms with Crippen LogP contribution in [0.2, 0.25) is 0 Å². The van der Waals surface area contributed by atoms with Crippen LogP contribution in [0.1, 0.15) is 38.4 Å². The Morgan fingerprint density at radius 1 is 1.45 bits per heavy atom. The van der Waals surface area contributed by atoms with E-state index >= 15 is 0 Å². The Labute approximate surface area is 120 Å². The molecule has 1 atom stereocenters. The topological polar surface area (TPSA) is 67.4 Å². The maximum atomic E-state index is 12.3. The average molecular weight is 279 g/mol. The Morgan fingerprint density at radius 2 is 2.10 bits per heavy atom. The number of aromatic nitrogens is 2. The monoisotopic (exact) mass is 279 g/mol. The minimum atomic E-state index is -0.124. The fourth-order valence-corrected chi connectivity index (χ4v) is 2.77. The van der Waals surface area contributed by atoms with Gasteiger partial charge < -0.3 is 15.5 Å². The molecule has 6 nitrogen and oxygen atoms in total. The molecule has 0 radical (unpaired) electrons. The minimum absolute atomic E-state index is 0.124. The summed E-state index contributed by atoms with van der Waals surface area (Å²) in [6.45, 7) is 6.92. The van der Waals surface area contributed by atoms with E-state index in [4.69, 9.17) is 5.73 Å². The first-order chi connectivity index (χ1) is 9.34. The summed E-state index contributed by atoms with van der Waals surface area (Å²) in [7, 11) is 3.60. The van der Waals surface area contributed by atoms with E-state index in [9.17, 15) is 4.79 Å². The van der Waals surface area contributed by atoms with Gasteiger partial charge >= 0.3 is 0 Å². The molecule has 0 spiro atoms. The Kier molecular flexibility index (Phi) is 3.92. The van der Waals surface area contributed by atoms with Gasteiger partial charge in [-0.05, 0) is 33.6 Å². The Morgan fingerprint density at radius 3 is 2.65 bits per heavy atom. The lowest BCUT2D eigenvalue weighted by Crippen LogP contribution is -2.43. The second kappa shape index (κ2) is 5.34. The maximum Gasteiger partial charge on any atom is 0.244 e. The number of rotatable bonds is 3. The molecule has 0 aliphatic carbocycles. The summed E-state index contributed by atoms with van der Waals surface area (Å²) in [5.74, 6) is 1.03. The van der Waals surface area contributed by atoms with E-state index in [0.717, 1.165) is 30.9 Å². The van der Waals surface area contributed by atoms with Crippen LogP contribution in [0, 0.1) is 6.92 Å². The number of hydrogen-bond donors (Lipinski definition) is 1. The molecule has 1 aromatic rings. The Bertz CT molecular complexity index is 506. The van der Waals surface area contributed by atoms with Crippen molar-refractivity contribution in [3.05, 3.63) is 5.69 Å². The van der Waals surface area contributed by atoms with Crippen LogP contribution >= 0.6 is 0 Å². The van der Waals surface area contributed by atoms with Gasteiger partial charge in [-0.1, -0.05) is 0 Å². The number of carbonyl (C=O) groups is 1. The van der Waals surface area contributed by atoms with Gasteiger partial charge in [0.15, 0.2) is 5.82 Å². The lowest BCUT2D eigenvalue weighted by molar-refractivity contribution is -0.129. The van der Waals surface area contributed by atoms with E-state index in [1.807, 2.05) is 11.6 Å². The normalized spacial score (nSPS) is 18.9. The van der Waals surface area contributed by atoms with Crippen LogP contribution in [0.25, 0.3) is 0 Å². The van der Waals surface area contributed by atoms with Crippen LogP contribution in [-0.4, -0.2) is 47.3 Å². The van der Waals surface area contributed by atoms with Crippen molar-refractivity contribution in [2.75, 3.05) is 31.3 Å². The SMILES string of the molecule is Cc1nn(C(C)C)c(N2CCCC2C(=O)N(C)C)c1N. The number of amides is 1. The zero-order valence-corrected chi connectivity index (χ0v) is 13.1. The largest absolute Gasteiger partial charge is 0.394 e. The van der Waals surface area contributed by atoms with Crippen molar-refractivity contribution >= 4 is 17.4 Å². The molecular formula is C14H25N5O. The van der Waals surface area contributed by atoms with E-state index in [2.05, 4.69) is 23.8 Å². The van der Waals surface area contributed by atoms with Gasteiger partial charge in [0.25, 0.3) is 0 Å². The third kappa shape index (κ3) is 2.34. The third-order valence-electron chi connectivity index (χ3n) is 3.85. The molecule has 112 valence electrons. The predicted molar refractivity (Wildman–Crippen MR) is 80.8 cm³/mol. The highest BCUT2D eigenvalue weighted by Crippen LogP contribution is 2.34. The van der Waals surface area contributed by atoms with E-state index in [0.29, 0.717) is 5.69 Å². The van der Waals surface area contributed by atoms with Gasteiger partial charge in [-0.15, -0.1) is 0 Å². The molecule has 1 aliphatic rings. The highest BCUT2D eigenvalue weighted by molar-refractivity contribution is 5.86. The van der Waals surface area contributed by atoms with Gasteiger partial charge in [0.05, 0.1) is 11.4 Å². The van der Waals surface area contributed by atoms with Crippen molar-refractivity contribution in [3.63, 3.8) is 0 Å². The fourth-order valence-electron chi connectivity index (χ4n) is 2.77. The van der Waals surface area contributed by atoms with Gasteiger partial charge in [0, 0.05) is 26.7 Å². The van der Waals surface area contributed by atoms with Crippen molar-refractivity contribution in [1.29, 1.82) is 0 Å². The summed E-state index contributed by atoms with van der Waals surface area (Å²) in [4.78, 5) is 16.1. The van der Waals surface area contributed by atoms with E-state index in [1.165, 1.54) is 0 Å². The van der Waals surface area contributed by atoms with Crippen molar-refractivity contribution in [2.24, 2.45) is 0 Å². The summed E-state index contributed by atoms with van der Waals surface area (Å²) in [5, 5.41) is 4.52. The van der Waals surface area contributed by atoms with Crippen LogP contribution < -0.4 is 10.6 Å². The zero-order valence-electron chi connectivity index (χ0n) is 13.1. The molecule has 0 aromatic carbocycles.